The normalized spacial score (nSPS) is 11.1. The largest absolute Gasteiger partial charge is 0.360 e. The lowest BCUT2D eigenvalue weighted by Gasteiger charge is -2.05. The summed E-state index contributed by atoms with van der Waals surface area (Å²) in [6.07, 6.45) is 3.84. The first kappa shape index (κ1) is 17.1. The third-order valence-corrected chi connectivity index (χ3v) is 4.59. The molecule has 1 aromatic carbocycles. The second-order valence-corrected chi connectivity index (χ2v) is 6.71. The Morgan fingerprint density at radius 2 is 1.93 bits per heavy atom. The summed E-state index contributed by atoms with van der Waals surface area (Å²) in [5.41, 5.74) is 4.74. The fourth-order valence-corrected chi connectivity index (χ4v) is 3.12. The van der Waals surface area contributed by atoms with Crippen LogP contribution in [0.4, 0.5) is 4.39 Å². The molecule has 0 saturated heterocycles. The molecule has 0 aliphatic carbocycles. The minimum atomic E-state index is -0.750. The molecule has 5 heteroatoms. The predicted octanol–water partition coefficient (Wildman–Crippen LogP) is 4.54. The van der Waals surface area contributed by atoms with Crippen LogP contribution in [-0.4, -0.2) is 20.7 Å². The number of halogens is 1. The van der Waals surface area contributed by atoms with Gasteiger partial charge in [-0.3, -0.25) is 9.78 Å². The SMILES string of the molecule is Cc1ccc2[nH]cc(C(=O)c3ccc(Cc4ccc(C)nc4)nc3F)c2c1. The summed E-state index contributed by atoms with van der Waals surface area (Å²) in [6.45, 7) is 3.87. The van der Waals surface area contributed by atoms with Crippen molar-refractivity contribution < 1.29 is 9.18 Å². The first-order chi connectivity index (χ1) is 13.0. The highest BCUT2D eigenvalue weighted by Crippen LogP contribution is 2.23. The van der Waals surface area contributed by atoms with Crippen LogP contribution in [0.15, 0.2) is 54.9 Å². The van der Waals surface area contributed by atoms with Gasteiger partial charge in [0.1, 0.15) is 0 Å². The Hall–Kier alpha value is -3.34. The summed E-state index contributed by atoms with van der Waals surface area (Å²) in [7, 11) is 0. The third kappa shape index (κ3) is 3.36. The molecule has 134 valence electrons. The van der Waals surface area contributed by atoms with Crippen molar-refractivity contribution >= 4 is 16.7 Å². The Kier molecular flexibility index (Phi) is 4.28. The highest BCUT2D eigenvalue weighted by molar-refractivity contribution is 6.16. The van der Waals surface area contributed by atoms with E-state index in [1.165, 1.54) is 6.07 Å². The average Bonchev–Trinajstić information content (AvgIpc) is 3.06. The number of nitrogens with zero attached hydrogens (tertiary/aromatic N) is 2. The molecule has 0 aliphatic rings. The maximum Gasteiger partial charge on any atom is 0.224 e. The van der Waals surface area contributed by atoms with Gasteiger partial charge in [0.15, 0.2) is 5.78 Å². The fraction of sp³-hybridized carbons (Fsp3) is 0.136. The van der Waals surface area contributed by atoms with Crippen molar-refractivity contribution in [2.24, 2.45) is 0 Å². The number of ketones is 1. The van der Waals surface area contributed by atoms with Crippen molar-refractivity contribution in [3.63, 3.8) is 0 Å². The molecule has 1 N–H and O–H groups in total. The van der Waals surface area contributed by atoms with E-state index in [0.29, 0.717) is 17.7 Å². The van der Waals surface area contributed by atoms with Crippen molar-refractivity contribution in [1.29, 1.82) is 0 Å². The Morgan fingerprint density at radius 1 is 1.07 bits per heavy atom. The van der Waals surface area contributed by atoms with Gasteiger partial charge in [-0.2, -0.15) is 4.39 Å². The predicted molar refractivity (Wildman–Crippen MR) is 102 cm³/mol. The zero-order valence-corrected chi connectivity index (χ0v) is 15.1. The van der Waals surface area contributed by atoms with Crippen molar-refractivity contribution in [3.05, 3.63) is 94.4 Å². The van der Waals surface area contributed by atoms with Gasteiger partial charge in [-0.25, -0.2) is 4.98 Å². The van der Waals surface area contributed by atoms with Crippen LogP contribution in [0.5, 0.6) is 0 Å². The molecule has 4 rings (SSSR count). The number of aromatic nitrogens is 3. The monoisotopic (exact) mass is 359 g/mol. The first-order valence-corrected chi connectivity index (χ1v) is 8.70. The molecule has 3 heterocycles. The van der Waals surface area contributed by atoms with Gasteiger partial charge in [0, 0.05) is 46.7 Å². The molecule has 27 heavy (non-hydrogen) atoms. The number of benzene rings is 1. The third-order valence-electron chi connectivity index (χ3n) is 4.59. The fourth-order valence-electron chi connectivity index (χ4n) is 3.12. The van der Waals surface area contributed by atoms with Crippen molar-refractivity contribution in [1.82, 2.24) is 15.0 Å². The van der Waals surface area contributed by atoms with Crippen LogP contribution < -0.4 is 0 Å². The molecule has 0 spiro atoms. The molecule has 0 atom stereocenters. The Balaban J connectivity index is 1.64. The van der Waals surface area contributed by atoms with Gasteiger partial charge in [0.25, 0.3) is 0 Å². The Bertz CT molecular complexity index is 1150. The summed E-state index contributed by atoms with van der Waals surface area (Å²) in [4.78, 5) is 24.1. The number of H-pyrrole nitrogens is 1. The number of hydrogen-bond acceptors (Lipinski definition) is 3. The van der Waals surface area contributed by atoms with Crippen molar-refractivity contribution in [2.75, 3.05) is 0 Å². The lowest BCUT2D eigenvalue weighted by molar-refractivity contribution is 0.103. The van der Waals surface area contributed by atoms with E-state index in [1.807, 2.05) is 44.2 Å². The van der Waals surface area contributed by atoms with Crippen molar-refractivity contribution in [3.8, 4) is 0 Å². The summed E-state index contributed by atoms with van der Waals surface area (Å²) >= 11 is 0. The highest BCUT2D eigenvalue weighted by Gasteiger charge is 2.19. The van der Waals surface area contributed by atoms with E-state index in [9.17, 15) is 9.18 Å². The maximum atomic E-state index is 14.6. The van der Waals surface area contributed by atoms with E-state index in [0.717, 1.165) is 27.7 Å². The second-order valence-electron chi connectivity index (χ2n) is 6.71. The zero-order valence-electron chi connectivity index (χ0n) is 15.1. The van der Waals surface area contributed by atoms with Gasteiger partial charge < -0.3 is 4.98 Å². The number of hydrogen-bond donors (Lipinski definition) is 1. The molecule has 0 aliphatic heterocycles. The van der Waals surface area contributed by atoms with E-state index in [2.05, 4.69) is 15.0 Å². The number of carbonyl (C=O) groups excluding carboxylic acids is 1. The summed E-state index contributed by atoms with van der Waals surface area (Å²) < 4.78 is 14.6. The summed E-state index contributed by atoms with van der Waals surface area (Å²) in [5.74, 6) is -1.13. The van der Waals surface area contributed by atoms with Gasteiger partial charge in [-0.05, 0) is 49.7 Å². The molecule has 0 amide bonds. The van der Waals surface area contributed by atoms with E-state index >= 15 is 0 Å². The quantitative estimate of drug-likeness (QED) is 0.430. The molecule has 0 bridgehead atoms. The molecule has 0 radical (unpaired) electrons. The van der Waals surface area contributed by atoms with E-state index < -0.39 is 5.95 Å². The van der Waals surface area contributed by atoms with E-state index in [1.54, 1.807) is 18.5 Å². The first-order valence-electron chi connectivity index (χ1n) is 8.70. The van der Waals surface area contributed by atoms with Crippen LogP contribution in [0.25, 0.3) is 10.9 Å². The van der Waals surface area contributed by atoms with Crippen LogP contribution in [0.3, 0.4) is 0 Å². The van der Waals surface area contributed by atoms with Crippen LogP contribution in [0.1, 0.15) is 38.4 Å². The van der Waals surface area contributed by atoms with Gasteiger partial charge in [-0.15, -0.1) is 0 Å². The van der Waals surface area contributed by atoms with Gasteiger partial charge in [-0.1, -0.05) is 17.7 Å². The van der Waals surface area contributed by atoms with E-state index in [4.69, 9.17) is 0 Å². The lowest BCUT2D eigenvalue weighted by atomic mass is 10.0. The minimum Gasteiger partial charge on any atom is -0.360 e. The number of aromatic amines is 1. The van der Waals surface area contributed by atoms with Crippen LogP contribution in [-0.2, 0) is 6.42 Å². The highest BCUT2D eigenvalue weighted by atomic mass is 19.1. The molecule has 0 unspecified atom stereocenters. The number of fused-ring (bicyclic) bond motifs is 1. The number of rotatable bonds is 4. The van der Waals surface area contributed by atoms with Gasteiger partial charge in [0.05, 0.1) is 5.56 Å². The molecular formula is C22H18FN3O. The molecular weight excluding hydrogens is 341 g/mol. The Morgan fingerprint density at radius 3 is 2.67 bits per heavy atom. The zero-order chi connectivity index (χ0) is 19.0. The number of carbonyl (C=O) groups is 1. The molecule has 0 saturated carbocycles. The topological polar surface area (TPSA) is 58.6 Å². The number of aryl methyl sites for hydroxylation is 2. The van der Waals surface area contributed by atoms with Crippen LogP contribution in [0, 0.1) is 19.8 Å². The van der Waals surface area contributed by atoms with Crippen LogP contribution >= 0.6 is 0 Å². The molecule has 4 aromatic rings. The number of nitrogens with one attached hydrogen (secondary N) is 1. The standard InChI is InChI=1S/C22H18FN3O/c1-13-3-8-20-18(9-13)19(12-25-20)21(27)17-7-6-16(26-22(17)23)10-15-5-4-14(2)24-11-15/h3-9,11-12,25H,10H2,1-2H3. The minimum absolute atomic E-state index is 0.0248. The van der Waals surface area contributed by atoms with Crippen LogP contribution in [0.2, 0.25) is 0 Å². The Labute approximate surface area is 156 Å². The van der Waals surface area contributed by atoms with Gasteiger partial charge >= 0.3 is 0 Å². The molecule has 3 aromatic heterocycles. The molecule has 0 fully saturated rings. The smallest absolute Gasteiger partial charge is 0.224 e. The number of pyridine rings is 2. The van der Waals surface area contributed by atoms with Crippen molar-refractivity contribution in [2.45, 2.75) is 20.3 Å². The average molecular weight is 359 g/mol. The second kappa shape index (κ2) is 6.76. The maximum absolute atomic E-state index is 14.6. The van der Waals surface area contributed by atoms with Gasteiger partial charge in [0.2, 0.25) is 5.95 Å². The summed E-state index contributed by atoms with van der Waals surface area (Å²) in [5, 5.41) is 0.786. The molecule has 4 nitrogen and oxygen atoms in total. The summed E-state index contributed by atoms with van der Waals surface area (Å²) in [6, 6.07) is 12.8. The van der Waals surface area contributed by atoms with E-state index in [-0.39, 0.29) is 11.3 Å². The lowest BCUT2D eigenvalue weighted by Crippen LogP contribution is -2.07.